The summed E-state index contributed by atoms with van der Waals surface area (Å²) in [5.41, 5.74) is 3.81. The Morgan fingerprint density at radius 3 is 2.64 bits per heavy atom. The highest BCUT2D eigenvalue weighted by Gasteiger charge is 2.18. The molecule has 0 bridgehead atoms. The number of nitrogens with one attached hydrogen (secondary N) is 1. The number of nitrogens with zero attached hydrogens (tertiary/aromatic N) is 2. The third-order valence-corrected chi connectivity index (χ3v) is 6.32. The molecule has 2 aromatic carbocycles. The van der Waals surface area contributed by atoms with Gasteiger partial charge in [-0.05, 0) is 43.2 Å². The minimum Gasteiger partial charge on any atom is -0.340 e. The zero-order valence-corrected chi connectivity index (χ0v) is 17.9. The van der Waals surface area contributed by atoms with Gasteiger partial charge in [-0.2, -0.15) is 0 Å². The van der Waals surface area contributed by atoms with Crippen LogP contribution >= 0.6 is 27.3 Å². The summed E-state index contributed by atoms with van der Waals surface area (Å²) in [5, 5.41) is 4.41. The molecule has 0 radical (unpaired) electrons. The van der Waals surface area contributed by atoms with E-state index >= 15 is 0 Å². The molecular formula is C22H18BrN3OS. The van der Waals surface area contributed by atoms with Crippen molar-refractivity contribution in [2.24, 2.45) is 0 Å². The van der Waals surface area contributed by atoms with Crippen LogP contribution < -0.4 is 5.32 Å². The molecule has 4 nitrogen and oxygen atoms in total. The van der Waals surface area contributed by atoms with Gasteiger partial charge in [0, 0.05) is 26.2 Å². The van der Waals surface area contributed by atoms with Crippen molar-refractivity contribution in [3.05, 3.63) is 69.8 Å². The largest absolute Gasteiger partial charge is 0.340 e. The molecule has 0 atom stereocenters. The molecule has 2 heterocycles. The number of carbonyl (C=O) groups is 1. The van der Waals surface area contributed by atoms with Crippen molar-refractivity contribution in [2.75, 3.05) is 5.32 Å². The summed E-state index contributed by atoms with van der Waals surface area (Å²) in [6.45, 7) is 3.73. The van der Waals surface area contributed by atoms with E-state index in [1.54, 1.807) is 24.6 Å². The van der Waals surface area contributed by atoms with Crippen LogP contribution in [-0.4, -0.2) is 15.8 Å². The molecule has 0 aliphatic carbocycles. The van der Waals surface area contributed by atoms with Crippen LogP contribution in [0.25, 0.3) is 21.3 Å². The number of aryl methyl sites for hydroxylation is 1. The maximum atomic E-state index is 11.7. The molecule has 140 valence electrons. The number of benzene rings is 2. The molecule has 0 aliphatic heterocycles. The number of anilines is 2. The topological polar surface area (TPSA) is 54.9 Å². The minimum absolute atomic E-state index is 0.0378. The summed E-state index contributed by atoms with van der Waals surface area (Å²) < 4.78 is 1.05. The van der Waals surface area contributed by atoms with E-state index < -0.39 is 0 Å². The lowest BCUT2D eigenvalue weighted by Gasteiger charge is -2.10. The normalized spacial score (nSPS) is 11.0. The Morgan fingerprint density at radius 1 is 1.14 bits per heavy atom. The Labute approximate surface area is 175 Å². The van der Waals surface area contributed by atoms with Crippen molar-refractivity contribution in [1.82, 2.24) is 9.97 Å². The molecule has 4 aromatic rings. The second-order valence-corrected chi connectivity index (χ2v) is 8.42. The van der Waals surface area contributed by atoms with Crippen LogP contribution in [0.1, 0.15) is 29.1 Å². The van der Waals surface area contributed by atoms with E-state index in [9.17, 15) is 4.79 Å². The van der Waals surface area contributed by atoms with Crippen molar-refractivity contribution >= 4 is 54.8 Å². The molecule has 28 heavy (non-hydrogen) atoms. The maximum Gasteiger partial charge on any atom is 0.159 e. The molecule has 0 unspecified atom stereocenters. The monoisotopic (exact) mass is 451 g/mol. The van der Waals surface area contributed by atoms with Crippen molar-refractivity contribution in [3.8, 4) is 11.1 Å². The Kier molecular flexibility index (Phi) is 5.24. The molecule has 2 aromatic heterocycles. The Balaban J connectivity index is 1.88. The van der Waals surface area contributed by atoms with Crippen molar-refractivity contribution < 1.29 is 4.79 Å². The van der Waals surface area contributed by atoms with Gasteiger partial charge in [0.25, 0.3) is 0 Å². The Bertz CT molecular complexity index is 1170. The average molecular weight is 452 g/mol. The third kappa shape index (κ3) is 3.57. The van der Waals surface area contributed by atoms with Crippen molar-refractivity contribution in [1.29, 1.82) is 0 Å². The number of aromatic nitrogens is 2. The van der Waals surface area contributed by atoms with E-state index in [0.29, 0.717) is 5.56 Å². The van der Waals surface area contributed by atoms with Crippen LogP contribution in [0.4, 0.5) is 11.5 Å². The number of rotatable bonds is 5. The molecule has 0 saturated carbocycles. The first-order valence-electron chi connectivity index (χ1n) is 8.97. The van der Waals surface area contributed by atoms with Crippen LogP contribution in [0, 0.1) is 0 Å². The van der Waals surface area contributed by atoms with Gasteiger partial charge in [-0.25, -0.2) is 9.97 Å². The lowest BCUT2D eigenvalue weighted by molar-refractivity contribution is 0.101. The van der Waals surface area contributed by atoms with Crippen LogP contribution in [0.3, 0.4) is 0 Å². The number of halogens is 1. The molecule has 0 spiro atoms. The van der Waals surface area contributed by atoms with E-state index in [-0.39, 0.29) is 5.78 Å². The maximum absolute atomic E-state index is 11.7. The lowest BCUT2D eigenvalue weighted by atomic mass is 10.0. The second kappa shape index (κ2) is 7.81. The first-order chi connectivity index (χ1) is 13.6. The fourth-order valence-electron chi connectivity index (χ4n) is 3.20. The van der Waals surface area contributed by atoms with Crippen LogP contribution in [-0.2, 0) is 6.42 Å². The average Bonchev–Trinajstić information content (AvgIpc) is 3.08. The van der Waals surface area contributed by atoms with Crippen molar-refractivity contribution in [3.63, 3.8) is 0 Å². The van der Waals surface area contributed by atoms with E-state index in [1.165, 1.54) is 10.4 Å². The lowest BCUT2D eigenvalue weighted by Crippen LogP contribution is -1.98. The summed E-state index contributed by atoms with van der Waals surface area (Å²) >= 11 is 5.21. The predicted octanol–water partition coefficient (Wildman–Crippen LogP) is 6.63. The van der Waals surface area contributed by atoms with Gasteiger partial charge in [-0.1, -0.05) is 47.1 Å². The number of Topliss-reactive ketones (excluding diaryl/α,β-unsaturated/α-hetero) is 1. The molecule has 1 N–H and O–H groups in total. The molecular weight excluding hydrogens is 434 g/mol. The Morgan fingerprint density at radius 2 is 1.93 bits per heavy atom. The number of hydrogen-bond donors (Lipinski definition) is 1. The van der Waals surface area contributed by atoms with Crippen LogP contribution in [0.5, 0.6) is 0 Å². The number of carbonyl (C=O) groups excluding carboxylic acids is 1. The predicted molar refractivity (Wildman–Crippen MR) is 120 cm³/mol. The van der Waals surface area contributed by atoms with E-state index in [2.05, 4.69) is 50.3 Å². The van der Waals surface area contributed by atoms with Crippen LogP contribution in [0.2, 0.25) is 0 Å². The number of thiophene rings is 1. The highest BCUT2D eigenvalue weighted by Crippen LogP contribution is 2.42. The zero-order valence-electron chi connectivity index (χ0n) is 15.5. The van der Waals surface area contributed by atoms with Gasteiger partial charge >= 0.3 is 0 Å². The molecule has 4 rings (SSSR count). The van der Waals surface area contributed by atoms with E-state index in [1.807, 2.05) is 36.4 Å². The fraction of sp³-hybridized carbons (Fsp3) is 0.136. The smallest absolute Gasteiger partial charge is 0.159 e. The van der Waals surface area contributed by atoms with E-state index in [4.69, 9.17) is 0 Å². The highest BCUT2D eigenvalue weighted by atomic mass is 79.9. The minimum atomic E-state index is 0.0378. The van der Waals surface area contributed by atoms with Gasteiger partial charge in [-0.3, -0.25) is 4.79 Å². The summed E-state index contributed by atoms with van der Waals surface area (Å²) in [4.78, 5) is 23.0. The summed E-state index contributed by atoms with van der Waals surface area (Å²) in [6.07, 6.45) is 2.51. The quantitative estimate of drug-likeness (QED) is 0.346. The second-order valence-electron chi connectivity index (χ2n) is 6.43. The summed E-state index contributed by atoms with van der Waals surface area (Å²) in [6, 6.07) is 15.8. The molecule has 0 amide bonds. The molecule has 0 fully saturated rings. The van der Waals surface area contributed by atoms with Gasteiger partial charge < -0.3 is 5.32 Å². The SMILES string of the molecule is CCc1sc2ncnc(Nc3cccc(C(C)=O)c3)c2c1-c1ccc(Br)cc1. The number of fused-ring (bicyclic) bond motifs is 1. The summed E-state index contributed by atoms with van der Waals surface area (Å²) in [5.74, 6) is 0.787. The van der Waals surface area contributed by atoms with Gasteiger partial charge in [0.1, 0.15) is 17.0 Å². The molecule has 0 aliphatic rings. The number of ketones is 1. The van der Waals surface area contributed by atoms with E-state index in [0.717, 1.165) is 38.2 Å². The van der Waals surface area contributed by atoms with Crippen molar-refractivity contribution in [2.45, 2.75) is 20.3 Å². The summed E-state index contributed by atoms with van der Waals surface area (Å²) in [7, 11) is 0. The highest BCUT2D eigenvalue weighted by molar-refractivity contribution is 9.10. The van der Waals surface area contributed by atoms with Gasteiger partial charge in [0.05, 0.1) is 5.39 Å². The first kappa shape index (κ1) is 18.8. The van der Waals surface area contributed by atoms with Gasteiger partial charge in [0.15, 0.2) is 5.78 Å². The Hall–Kier alpha value is -2.57. The van der Waals surface area contributed by atoms with Crippen LogP contribution in [0.15, 0.2) is 59.3 Å². The third-order valence-electron chi connectivity index (χ3n) is 4.55. The first-order valence-corrected chi connectivity index (χ1v) is 10.6. The molecule has 6 heteroatoms. The standard InChI is InChI=1S/C22H18BrN3OS/c1-3-18-19(14-7-9-16(23)10-8-14)20-21(24-12-25-22(20)28-18)26-17-6-4-5-15(11-17)13(2)27/h4-12H,3H2,1-2H3,(H,24,25,26). The van der Waals surface area contributed by atoms with Gasteiger partial charge in [-0.15, -0.1) is 11.3 Å². The van der Waals surface area contributed by atoms with Gasteiger partial charge in [0.2, 0.25) is 0 Å². The zero-order chi connectivity index (χ0) is 19.7. The molecule has 0 saturated heterocycles. The fourth-order valence-corrected chi connectivity index (χ4v) is 4.56. The number of hydrogen-bond acceptors (Lipinski definition) is 5.